The third kappa shape index (κ3) is 4.78. The van der Waals surface area contributed by atoms with Gasteiger partial charge < -0.3 is 24.8 Å². The van der Waals surface area contributed by atoms with Gasteiger partial charge in [0.05, 0.1) is 11.4 Å². The number of amides is 4. The van der Waals surface area contributed by atoms with Crippen LogP contribution in [0.15, 0.2) is 47.5 Å². The lowest BCUT2D eigenvalue weighted by Crippen LogP contribution is -2.36. The monoisotopic (exact) mass is 507 g/mol. The van der Waals surface area contributed by atoms with E-state index in [1.807, 2.05) is 12.1 Å². The molecule has 11 heteroatoms. The number of nitrogens with one attached hydrogen (secondary N) is 1. The summed E-state index contributed by atoms with van der Waals surface area (Å²) in [5, 5.41) is 3.25. The smallest absolute Gasteiger partial charge is 0.268 e. The summed E-state index contributed by atoms with van der Waals surface area (Å²) in [6.45, 7) is 0.871. The number of benzene rings is 2. The third-order valence-electron chi connectivity index (χ3n) is 6.20. The number of anilines is 1. The van der Waals surface area contributed by atoms with Crippen molar-refractivity contribution in [1.29, 1.82) is 0 Å². The molecule has 0 aliphatic carbocycles. The van der Waals surface area contributed by atoms with E-state index in [9.17, 15) is 19.2 Å². The Kier molecular flexibility index (Phi) is 6.40. The quantitative estimate of drug-likeness (QED) is 0.638. The average Bonchev–Trinajstić information content (AvgIpc) is 3.52. The predicted molar refractivity (Wildman–Crippen MR) is 135 cm³/mol. The van der Waals surface area contributed by atoms with Crippen molar-refractivity contribution in [2.45, 2.75) is 19.1 Å². The first-order valence-corrected chi connectivity index (χ1v) is 12.5. The summed E-state index contributed by atoms with van der Waals surface area (Å²) in [5.41, 5.74) is 2.68. The van der Waals surface area contributed by atoms with Crippen molar-refractivity contribution in [3.05, 3.63) is 53.6 Å². The van der Waals surface area contributed by atoms with Crippen LogP contribution >= 0.6 is 11.8 Å². The Hall–Kier alpha value is -3.86. The minimum absolute atomic E-state index is 0.0211. The molecule has 5 rings (SSSR count). The SMILES string of the molecule is CN(C)C(=O)CN1Cc2ccc(N3CC[C@@H](Oc4ccc(N=C5NC(=O)CS5)cc4)C3=O)cc2C1=O. The molecule has 3 heterocycles. The Morgan fingerprint density at radius 1 is 1.17 bits per heavy atom. The molecule has 0 unspecified atom stereocenters. The molecule has 1 N–H and O–H groups in total. The highest BCUT2D eigenvalue weighted by molar-refractivity contribution is 8.15. The highest BCUT2D eigenvalue weighted by Gasteiger charge is 2.36. The van der Waals surface area contributed by atoms with Gasteiger partial charge in [0.25, 0.3) is 11.8 Å². The molecular weight excluding hydrogens is 482 g/mol. The fraction of sp³-hybridized carbons (Fsp3) is 0.320. The van der Waals surface area contributed by atoms with E-state index in [-0.39, 0.29) is 30.2 Å². The van der Waals surface area contributed by atoms with Crippen LogP contribution in [-0.4, -0.2) is 77.6 Å². The number of carbonyl (C=O) groups is 4. The van der Waals surface area contributed by atoms with Gasteiger partial charge in [0, 0.05) is 44.9 Å². The Bertz CT molecular complexity index is 1280. The lowest BCUT2D eigenvalue weighted by atomic mass is 10.1. The van der Waals surface area contributed by atoms with Gasteiger partial charge in [-0.05, 0) is 42.0 Å². The molecule has 36 heavy (non-hydrogen) atoms. The first kappa shape index (κ1) is 23.9. The fourth-order valence-electron chi connectivity index (χ4n) is 4.24. The summed E-state index contributed by atoms with van der Waals surface area (Å²) in [6.07, 6.45) is -0.120. The molecule has 186 valence electrons. The lowest BCUT2D eigenvalue weighted by molar-refractivity contribution is -0.129. The number of rotatable bonds is 6. The molecule has 0 saturated carbocycles. The molecule has 0 aromatic heterocycles. The Morgan fingerprint density at radius 3 is 2.64 bits per heavy atom. The number of likely N-dealkylation sites (N-methyl/N-ethyl adjacent to an activating group) is 1. The summed E-state index contributed by atoms with van der Waals surface area (Å²) in [6, 6.07) is 12.4. The normalized spacial score (nSPS) is 20.2. The van der Waals surface area contributed by atoms with Crippen LogP contribution in [0, 0.1) is 0 Å². The van der Waals surface area contributed by atoms with Gasteiger partial charge in [0.1, 0.15) is 12.3 Å². The minimum atomic E-state index is -0.634. The lowest BCUT2D eigenvalue weighted by Gasteiger charge is -2.18. The summed E-state index contributed by atoms with van der Waals surface area (Å²) in [5.74, 6) is 0.332. The van der Waals surface area contributed by atoms with Crippen molar-refractivity contribution in [3.63, 3.8) is 0 Å². The second kappa shape index (κ2) is 9.65. The molecule has 0 radical (unpaired) electrons. The molecule has 2 fully saturated rings. The van der Waals surface area contributed by atoms with E-state index in [1.165, 1.54) is 21.6 Å². The standard InChI is InChI=1S/C25H25N5O5S/c1-28(2)22(32)13-29-12-15-3-6-17(11-19(15)23(29)33)30-10-9-20(24(30)34)35-18-7-4-16(5-8-18)26-25-27-21(31)14-36-25/h3-8,11,20H,9-10,12-14H2,1-2H3,(H,26,27,31)/t20-/m1/s1. The molecule has 4 amide bonds. The number of nitrogens with zero attached hydrogens (tertiary/aromatic N) is 4. The number of thioether (sulfide) groups is 1. The van der Waals surface area contributed by atoms with E-state index in [0.717, 1.165) is 5.56 Å². The highest BCUT2D eigenvalue weighted by atomic mass is 32.2. The molecule has 2 aromatic rings. The number of amidine groups is 1. The number of carbonyl (C=O) groups excluding carboxylic acids is 4. The van der Waals surface area contributed by atoms with Gasteiger partial charge in [-0.15, -0.1) is 0 Å². The Labute approximate surface area is 212 Å². The molecule has 10 nitrogen and oxygen atoms in total. The van der Waals surface area contributed by atoms with E-state index in [0.29, 0.717) is 53.1 Å². The second-order valence-electron chi connectivity index (χ2n) is 8.92. The first-order chi connectivity index (χ1) is 17.3. The molecule has 2 saturated heterocycles. The Balaban J connectivity index is 1.23. The van der Waals surface area contributed by atoms with Crippen molar-refractivity contribution >= 4 is 51.9 Å². The van der Waals surface area contributed by atoms with Gasteiger partial charge in [0.2, 0.25) is 11.8 Å². The fourth-order valence-corrected chi connectivity index (χ4v) is 4.93. The molecule has 0 spiro atoms. The zero-order valence-corrected chi connectivity index (χ0v) is 20.7. The number of hydrogen-bond donors (Lipinski definition) is 1. The maximum Gasteiger partial charge on any atom is 0.268 e. The molecule has 1 atom stereocenters. The first-order valence-electron chi connectivity index (χ1n) is 11.5. The van der Waals surface area contributed by atoms with E-state index in [4.69, 9.17) is 4.74 Å². The van der Waals surface area contributed by atoms with Gasteiger partial charge >= 0.3 is 0 Å². The summed E-state index contributed by atoms with van der Waals surface area (Å²) >= 11 is 1.35. The van der Waals surface area contributed by atoms with Crippen LogP contribution in [0.2, 0.25) is 0 Å². The zero-order valence-electron chi connectivity index (χ0n) is 19.9. The highest BCUT2D eigenvalue weighted by Crippen LogP contribution is 2.31. The average molecular weight is 508 g/mol. The molecule has 0 bridgehead atoms. The number of ether oxygens (including phenoxy) is 1. The summed E-state index contributed by atoms with van der Waals surface area (Å²) in [7, 11) is 3.31. The summed E-state index contributed by atoms with van der Waals surface area (Å²) in [4.78, 5) is 58.3. The van der Waals surface area contributed by atoms with Crippen LogP contribution in [0.25, 0.3) is 0 Å². The van der Waals surface area contributed by atoms with Gasteiger partial charge in [-0.1, -0.05) is 17.8 Å². The van der Waals surface area contributed by atoms with Crippen molar-refractivity contribution in [2.24, 2.45) is 4.99 Å². The van der Waals surface area contributed by atoms with Crippen molar-refractivity contribution in [2.75, 3.05) is 37.8 Å². The van der Waals surface area contributed by atoms with Crippen molar-refractivity contribution < 1.29 is 23.9 Å². The van der Waals surface area contributed by atoms with Crippen molar-refractivity contribution in [3.8, 4) is 5.75 Å². The number of fused-ring (bicyclic) bond motifs is 1. The summed E-state index contributed by atoms with van der Waals surface area (Å²) < 4.78 is 5.95. The molecule has 3 aliphatic heterocycles. The van der Waals surface area contributed by atoms with Gasteiger partial charge in [-0.3, -0.25) is 19.2 Å². The van der Waals surface area contributed by atoms with E-state index < -0.39 is 6.10 Å². The zero-order chi connectivity index (χ0) is 25.4. The van der Waals surface area contributed by atoms with Crippen LogP contribution in [-0.2, 0) is 20.9 Å². The number of aliphatic imine (C=N–C) groups is 1. The molecule has 2 aromatic carbocycles. The van der Waals surface area contributed by atoms with Gasteiger partial charge in [-0.25, -0.2) is 4.99 Å². The third-order valence-corrected chi connectivity index (χ3v) is 7.07. The van der Waals surface area contributed by atoms with Crippen LogP contribution in [0.4, 0.5) is 11.4 Å². The molecular formula is C25H25N5O5S. The molecule has 3 aliphatic rings. The number of hydrogen-bond acceptors (Lipinski definition) is 7. The van der Waals surface area contributed by atoms with E-state index in [1.54, 1.807) is 49.3 Å². The van der Waals surface area contributed by atoms with Crippen LogP contribution in [0.1, 0.15) is 22.3 Å². The Morgan fingerprint density at radius 2 is 1.94 bits per heavy atom. The second-order valence-corrected chi connectivity index (χ2v) is 9.89. The largest absolute Gasteiger partial charge is 0.481 e. The predicted octanol–water partition coefficient (Wildman–Crippen LogP) is 1.77. The van der Waals surface area contributed by atoms with E-state index >= 15 is 0 Å². The topological polar surface area (TPSA) is 112 Å². The van der Waals surface area contributed by atoms with Crippen LogP contribution < -0.4 is 15.0 Å². The minimum Gasteiger partial charge on any atom is -0.481 e. The van der Waals surface area contributed by atoms with Crippen LogP contribution in [0.3, 0.4) is 0 Å². The van der Waals surface area contributed by atoms with Gasteiger partial charge in [0.15, 0.2) is 11.3 Å². The maximum absolute atomic E-state index is 13.1. The van der Waals surface area contributed by atoms with E-state index in [2.05, 4.69) is 10.3 Å². The van der Waals surface area contributed by atoms with Crippen LogP contribution in [0.5, 0.6) is 5.75 Å². The van der Waals surface area contributed by atoms with Gasteiger partial charge in [-0.2, -0.15) is 0 Å². The maximum atomic E-state index is 13.1. The van der Waals surface area contributed by atoms with Crippen molar-refractivity contribution in [1.82, 2.24) is 15.1 Å².